The van der Waals surface area contributed by atoms with Crippen LogP contribution >= 0.6 is 0 Å². The van der Waals surface area contributed by atoms with Gasteiger partial charge in [-0.15, -0.1) is 0 Å². The molecule has 5 heteroatoms. The van der Waals surface area contributed by atoms with Gasteiger partial charge in [0.1, 0.15) is 11.6 Å². The second kappa shape index (κ2) is 6.35. The second-order valence-corrected chi connectivity index (χ2v) is 4.91. The zero-order valence-corrected chi connectivity index (χ0v) is 11.6. The summed E-state index contributed by atoms with van der Waals surface area (Å²) in [6.45, 7) is 1.82. The number of benzene rings is 2. The van der Waals surface area contributed by atoms with Gasteiger partial charge in [-0.25, -0.2) is 8.78 Å². The first-order valence-electron chi connectivity index (χ1n) is 6.56. The number of anilines is 1. The fourth-order valence-electron chi connectivity index (χ4n) is 2.06. The van der Waals surface area contributed by atoms with E-state index in [1.54, 1.807) is 12.1 Å². The Hall–Kier alpha value is -2.43. The number of carbonyl (C=O) groups is 1. The van der Waals surface area contributed by atoms with E-state index in [0.717, 1.165) is 5.56 Å². The molecule has 3 N–H and O–H groups in total. The molecule has 1 amide bonds. The van der Waals surface area contributed by atoms with Crippen molar-refractivity contribution in [3.05, 3.63) is 65.2 Å². The standard InChI is InChI=1S/C16H16F2N2O/c1-10(9-11-5-7-12(17)8-6-11)20-16(21)13-3-2-4-14(18)15(13)19/h2-8,10H,9,19H2,1H3,(H,20,21). The van der Waals surface area contributed by atoms with Crippen LogP contribution in [-0.4, -0.2) is 11.9 Å². The highest BCUT2D eigenvalue weighted by molar-refractivity contribution is 5.99. The number of amides is 1. The number of nitrogens with one attached hydrogen (secondary N) is 1. The molecule has 0 aliphatic carbocycles. The van der Waals surface area contributed by atoms with Gasteiger partial charge in [0.05, 0.1) is 11.3 Å². The first kappa shape index (κ1) is 15.0. The molecule has 0 fully saturated rings. The van der Waals surface area contributed by atoms with Crippen LogP contribution in [0.5, 0.6) is 0 Å². The monoisotopic (exact) mass is 290 g/mol. The third kappa shape index (κ3) is 3.78. The Morgan fingerprint density at radius 1 is 1.19 bits per heavy atom. The van der Waals surface area contributed by atoms with E-state index >= 15 is 0 Å². The quantitative estimate of drug-likeness (QED) is 0.851. The van der Waals surface area contributed by atoms with Crippen molar-refractivity contribution >= 4 is 11.6 Å². The molecular formula is C16H16F2N2O. The van der Waals surface area contributed by atoms with Crippen molar-refractivity contribution in [1.82, 2.24) is 5.32 Å². The highest BCUT2D eigenvalue weighted by atomic mass is 19.1. The maximum Gasteiger partial charge on any atom is 0.253 e. The molecule has 0 aliphatic rings. The topological polar surface area (TPSA) is 55.1 Å². The van der Waals surface area contributed by atoms with Gasteiger partial charge in [0.2, 0.25) is 0 Å². The Morgan fingerprint density at radius 2 is 1.86 bits per heavy atom. The fraction of sp³-hybridized carbons (Fsp3) is 0.188. The number of rotatable bonds is 4. The Labute approximate surface area is 121 Å². The zero-order chi connectivity index (χ0) is 15.4. The second-order valence-electron chi connectivity index (χ2n) is 4.91. The zero-order valence-electron chi connectivity index (χ0n) is 11.6. The number of carbonyl (C=O) groups excluding carboxylic acids is 1. The number of halogens is 2. The first-order valence-corrected chi connectivity index (χ1v) is 6.56. The minimum Gasteiger partial charge on any atom is -0.396 e. The Morgan fingerprint density at radius 3 is 2.52 bits per heavy atom. The summed E-state index contributed by atoms with van der Waals surface area (Å²) >= 11 is 0. The van der Waals surface area contributed by atoms with Gasteiger partial charge in [-0.05, 0) is 43.2 Å². The predicted molar refractivity (Wildman–Crippen MR) is 77.8 cm³/mol. The molecule has 0 bridgehead atoms. The lowest BCUT2D eigenvalue weighted by Crippen LogP contribution is -2.34. The van der Waals surface area contributed by atoms with Crippen LogP contribution < -0.4 is 11.1 Å². The average molecular weight is 290 g/mol. The lowest BCUT2D eigenvalue weighted by molar-refractivity contribution is 0.0940. The third-order valence-corrected chi connectivity index (χ3v) is 3.13. The molecule has 0 radical (unpaired) electrons. The largest absolute Gasteiger partial charge is 0.396 e. The van der Waals surface area contributed by atoms with Crippen LogP contribution in [-0.2, 0) is 6.42 Å². The van der Waals surface area contributed by atoms with E-state index in [9.17, 15) is 13.6 Å². The van der Waals surface area contributed by atoms with Crippen molar-refractivity contribution in [2.24, 2.45) is 0 Å². The summed E-state index contributed by atoms with van der Waals surface area (Å²) in [6, 6.07) is 9.98. The smallest absolute Gasteiger partial charge is 0.253 e. The third-order valence-electron chi connectivity index (χ3n) is 3.13. The molecule has 2 aromatic carbocycles. The molecule has 0 spiro atoms. The van der Waals surface area contributed by atoms with Crippen molar-refractivity contribution in [2.45, 2.75) is 19.4 Å². The minimum atomic E-state index is -0.617. The van der Waals surface area contributed by atoms with Gasteiger partial charge < -0.3 is 11.1 Å². The summed E-state index contributed by atoms with van der Waals surface area (Å²) in [5.41, 5.74) is 6.40. The molecule has 0 aromatic heterocycles. The number of para-hydroxylation sites is 1. The van der Waals surface area contributed by atoms with Crippen LogP contribution in [0.1, 0.15) is 22.8 Å². The molecule has 3 nitrogen and oxygen atoms in total. The summed E-state index contributed by atoms with van der Waals surface area (Å²) in [7, 11) is 0. The summed E-state index contributed by atoms with van der Waals surface area (Å²) in [5.74, 6) is -1.35. The Bertz CT molecular complexity index is 641. The van der Waals surface area contributed by atoms with Crippen LogP contribution in [0.4, 0.5) is 14.5 Å². The minimum absolute atomic E-state index is 0.112. The van der Waals surface area contributed by atoms with E-state index < -0.39 is 11.7 Å². The van der Waals surface area contributed by atoms with Crippen molar-refractivity contribution < 1.29 is 13.6 Å². The Kier molecular flexibility index (Phi) is 4.52. The van der Waals surface area contributed by atoms with Crippen molar-refractivity contribution in [3.8, 4) is 0 Å². The van der Waals surface area contributed by atoms with E-state index in [1.807, 2.05) is 6.92 Å². The number of hydrogen-bond acceptors (Lipinski definition) is 2. The van der Waals surface area contributed by atoms with E-state index in [2.05, 4.69) is 5.32 Å². The van der Waals surface area contributed by atoms with Crippen molar-refractivity contribution in [2.75, 3.05) is 5.73 Å². The van der Waals surface area contributed by atoms with Gasteiger partial charge >= 0.3 is 0 Å². The van der Waals surface area contributed by atoms with Crippen LogP contribution in [0.25, 0.3) is 0 Å². The molecule has 21 heavy (non-hydrogen) atoms. The molecule has 0 saturated carbocycles. The molecule has 110 valence electrons. The highest BCUT2D eigenvalue weighted by Crippen LogP contribution is 2.16. The van der Waals surface area contributed by atoms with Crippen LogP contribution in [0.2, 0.25) is 0 Å². The van der Waals surface area contributed by atoms with Gasteiger partial charge in [-0.1, -0.05) is 18.2 Å². The molecule has 2 rings (SSSR count). The first-order chi connectivity index (χ1) is 9.97. The van der Waals surface area contributed by atoms with Crippen molar-refractivity contribution in [3.63, 3.8) is 0 Å². The van der Waals surface area contributed by atoms with Gasteiger partial charge in [0, 0.05) is 6.04 Å². The molecule has 0 heterocycles. The molecule has 1 atom stereocenters. The van der Waals surface area contributed by atoms with Crippen LogP contribution in [0.3, 0.4) is 0 Å². The van der Waals surface area contributed by atoms with Crippen LogP contribution in [0.15, 0.2) is 42.5 Å². The molecular weight excluding hydrogens is 274 g/mol. The van der Waals surface area contributed by atoms with Gasteiger partial charge in [-0.2, -0.15) is 0 Å². The summed E-state index contributed by atoms with van der Waals surface area (Å²) < 4.78 is 26.1. The van der Waals surface area contributed by atoms with Gasteiger partial charge in [-0.3, -0.25) is 4.79 Å². The molecule has 1 unspecified atom stereocenters. The summed E-state index contributed by atoms with van der Waals surface area (Å²) in [6.07, 6.45) is 0.543. The number of hydrogen-bond donors (Lipinski definition) is 2. The maximum absolute atomic E-state index is 13.3. The normalized spacial score (nSPS) is 12.0. The van der Waals surface area contributed by atoms with Gasteiger partial charge in [0.25, 0.3) is 5.91 Å². The number of nitrogen functional groups attached to an aromatic ring is 1. The predicted octanol–water partition coefficient (Wildman–Crippen LogP) is 2.91. The molecule has 2 aromatic rings. The van der Waals surface area contributed by atoms with Crippen molar-refractivity contribution in [1.29, 1.82) is 0 Å². The Balaban J connectivity index is 2.02. The SMILES string of the molecule is CC(Cc1ccc(F)cc1)NC(=O)c1cccc(F)c1N. The van der Waals surface area contributed by atoms with Gasteiger partial charge in [0.15, 0.2) is 0 Å². The summed E-state index contributed by atoms with van der Waals surface area (Å²) in [5, 5.41) is 2.75. The average Bonchev–Trinajstić information content (AvgIpc) is 2.44. The van der Waals surface area contributed by atoms with E-state index in [-0.39, 0.29) is 23.1 Å². The summed E-state index contributed by atoms with van der Waals surface area (Å²) in [4.78, 5) is 12.1. The lowest BCUT2D eigenvalue weighted by Gasteiger charge is -2.15. The lowest BCUT2D eigenvalue weighted by atomic mass is 10.1. The maximum atomic E-state index is 13.3. The molecule has 0 saturated heterocycles. The highest BCUT2D eigenvalue weighted by Gasteiger charge is 2.15. The van der Waals surface area contributed by atoms with Crippen LogP contribution in [0, 0.1) is 11.6 Å². The fourth-order valence-corrected chi connectivity index (χ4v) is 2.06. The van der Waals surface area contributed by atoms with E-state index in [1.165, 1.54) is 30.3 Å². The number of nitrogens with two attached hydrogens (primary N) is 1. The van der Waals surface area contributed by atoms with E-state index in [4.69, 9.17) is 5.73 Å². The van der Waals surface area contributed by atoms with E-state index in [0.29, 0.717) is 6.42 Å². The molecule has 0 aliphatic heterocycles.